The van der Waals surface area contributed by atoms with Crippen LogP contribution in [-0.4, -0.2) is 0 Å². The van der Waals surface area contributed by atoms with Crippen molar-refractivity contribution in [1.82, 2.24) is 0 Å². The molecule has 0 heterocycles. The highest BCUT2D eigenvalue weighted by atomic mass is 19.1. The molecule has 0 radical (unpaired) electrons. The van der Waals surface area contributed by atoms with Gasteiger partial charge in [-0.05, 0) is 29.5 Å². The molecule has 0 unspecified atom stereocenters. The molecule has 2 rings (SSSR count). The molecule has 0 aromatic heterocycles. The zero-order chi connectivity index (χ0) is 15.1. The fourth-order valence-electron chi connectivity index (χ4n) is 1.90. The van der Waals surface area contributed by atoms with Crippen molar-refractivity contribution < 1.29 is 8.78 Å². The molecule has 0 fully saturated rings. The smallest absolute Gasteiger partial charge is 0.129 e. The first-order chi connectivity index (χ1) is 9.43. The summed E-state index contributed by atoms with van der Waals surface area (Å²) in [4.78, 5) is 0. The molecular weight excluding hydrogens is 254 g/mol. The van der Waals surface area contributed by atoms with Crippen LogP contribution in [0, 0.1) is 11.6 Å². The molecule has 2 aromatic carbocycles. The van der Waals surface area contributed by atoms with Gasteiger partial charge in [0.2, 0.25) is 0 Å². The number of halogens is 2. The van der Waals surface area contributed by atoms with E-state index in [0.29, 0.717) is 5.92 Å². The van der Waals surface area contributed by atoms with Crippen molar-refractivity contribution in [2.24, 2.45) is 0 Å². The van der Waals surface area contributed by atoms with Crippen LogP contribution in [0.3, 0.4) is 0 Å². The Kier molecular flexibility index (Phi) is 6.37. The van der Waals surface area contributed by atoms with E-state index in [-0.39, 0.29) is 11.5 Å². The molecule has 0 saturated heterocycles. The van der Waals surface area contributed by atoms with E-state index in [2.05, 4.69) is 38.1 Å². The molecule has 0 aliphatic carbocycles. The van der Waals surface area contributed by atoms with Crippen LogP contribution in [-0.2, 0) is 0 Å². The second kappa shape index (κ2) is 7.78. The predicted molar refractivity (Wildman–Crippen MR) is 81.0 cm³/mol. The molecule has 0 spiro atoms. The minimum Gasteiger partial charge on any atom is -0.207 e. The van der Waals surface area contributed by atoms with Gasteiger partial charge in [-0.1, -0.05) is 64.1 Å². The second-order valence-electron chi connectivity index (χ2n) is 5.36. The first kappa shape index (κ1) is 16.4. The summed E-state index contributed by atoms with van der Waals surface area (Å²) >= 11 is 0. The number of hydrogen-bond acceptors (Lipinski definition) is 0. The zero-order valence-electron chi connectivity index (χ0n) is 12.5. The first-order valence-electron chi connectivity index (χ1n) is 6.92. The third-order valence-corrected chi connectivity index (χ3v) is 3.04. The third-order valence-electron chi connectivity index (χ3n) is 3.04. The highest BCUT2D eigenvalue weighted by Crippen LogP contribution is 2.20. The van der Waals surface area contributed by atoms with Gasteiger partial charge in [-0.25, -0.2) is 8.78 Å². The highest BCUT2D eigenvalue weighted by molar-refractivity contribution is 5.22. The van der Waals surface area contributed by atoms with Gasteiger partial charge in [0, 0.05) is 5.56 Å². The average molecular weight is 276 g/mol. The minimum atomic E-state index is -0.458. The second-order valence-corrected chi connectivity index (χ2v) is 5.36. The predicted octanol–water partition coefficient (Wildman–Crippen LogP) is 5.90. The quantitative estimate of drug-likeness (QED) is 0.640. The topological polar surface area (TPSA) is 0 Å². The van der Waals surface area contributed by atoms with Gasteiger partial charge in [-0.2, -0.15) is 0 Å². The Labute approximate surface area is 120 Å². The van der Waals surface area contributed by atoms with Gasteiger partial charge in [-0.15, -0.1) is 0 Å². The van der Waals surface area contributed by atoms with Crippen molar-refractivity contribution in [3.63, 3.8) is 0 Å². The Morgan fingerprint density at radius 3 is 1.45 bits per heavy atom. The lowest BCUT2D eigenvalue weighted by Crippen LogP contribution is -1.96. The van der Waals surface area contributed by atoms with Gasteiger partial charge >= 0.3 is 0 Å². The van der Waals surface area contributed by atoms with E-state index >= 15 is 0 Å². The standard InChI is InChI=1S/C9H10F2.C9H12/c1-6(2)9-7(10)4-3-5-8(9)11;1-8(2)9-6-4-3-5-7-9/h3-6H,1-2H3;3-8H,1-2H3. The maximum Gasteiger partial charge on any atom is 0.129 e. The normalized spacial score (nSPS) is 10.4. The van der Waals surface area contributed by atoms with E-state index < -0.39 is 11.6 Å². The largest absolute Gasteiger partial charge is 0.207 e. The molecular formula is C18H22F2. The van der Waals surface area contributed by atoms with Crippen molar-refractivity contribution in [1.29, 1.82) is 0 Å². The van der Waals surface area contributed by atoms with E-state index in [1.807, 2.05) is 6.07 Å². The van der Waals surface area contributed by atoms with Crippen molar-refractivity contribution in [2.45, 2.75) is 39.5 Å². The average Bonchev–Trinajstić information content (AvgIpc) is 2.40. The van der Waals surface area contributed by atoms with Crippen molar-refractivity contribution in [3.8, 4) is 0 Å². The molecule has 0 N–H and O–H groups in total. The van der Waals surface area contributed by atoms with Crippen LogP contribution in [0.1, 0.15) is 50.7 Å². The van der Waals surface area contributed by atoms with E-state index in [4.69, 9.17) is 0 Å². The van der Waals surface area contributed by atoms with Crippen molar-refractivity contribution in [3.05, 3.63) is 71.3 Å². The summed E-state index contributed by atoms with van der Waals surface area (Å²) in [7, 11) is 0. The van der Waals surface area contributed by atoms with Crippen LogP contribution in [0.15, 0.2) is 48.5 Å². The van der Waals surface area contributed by atoms with Crippen molar-refractivity contribution in [2.75, 3.05) is 0 Å². The fourth-order valence-corrected chi connectivity index (χ4v) is 1.90. The van der Waals surface area contributed by atoms with Crippen LogP contribution >= 0.6 is 0 Å². The summed E-state index contributed by atoms with van der Waals surface area (Å²) in [5.74, 6) is -0.359. The molecule has 20 heavy (non-hydrogen) atoms. The molecule has 2 aromatic rings. The van der Waals surface area contributed by atoms with Crippen LogP contribution in [0.2, 0.25) is 0 Å². The van der Waals surface area contributed by atoms with Gasteiger partial charge in [0.05, 0.1) is 0 Å². The Morgan fingerprint density at radius 1 is 0.650 bits per heavy atom. The van der Waals surface area contributed by atoms with Crippen LogP contribution in [0.25, 0.3) is 0 Å². The lowest BCUT2D eigenvalue weighted by molar-refractivity contribution is 0.542. The summed E-state index contributed by atoms with van der Waals surface area (Å²) in [6.45, 7) is 7.94. The summed E-state index contributed by atoms with van der Waals surface area (Å²) in [5, 5.41) is 0. The van der Waals surface area contributed by atoms with Crippen LogP contribution in [0.5, 0.6) is 0 Å². The van der Waals surface area contributed by atoms with E-state index in [9.17, 15) is 8.78 Å². The number of benzene rings is 2. The molecule has 108 valence electrons. The molecule has 0 bridgehead atoms. The molecule has 0 aliphatic heterocycles. The molecule has 0 saturated carbocycles. The molecule has 0 atom stereocenters. The lowest BCUT2D eigenvalue weighted by atomic mass is 10.0. The van der Waals surface area contributed by atoms with Gasteiger partial charge < -0.3 is 0 Å². The molecule has 0 aliphatic rings. The zero-order valence-corrected chi connectivity index (χ0v) is 12.5. The van der Waals surface area contributed by atoms with E-state index in [1.54, 1.807) is 13.8 Å². The first-order valence-corrected chi connectivity index (χ1v) is 6.92. The Balaban J connectivity index is 0.000000204. The monoisotopic (exact) mass is 276 g/mol. The third kappa shape index (κ3) is 4.76. The number of rotatable bonds is 2. The molecule has 0 nitrogen and oxygen atoms in total. The maximum absolute atomic E-state index is 12.9. The van der Waals surface area contributed by atoms with Crippen LogP contribution in [0.4, 0.5) is 8.78 Å². The maximum atomic E-state index is 12.9. The summed E-state index contributed by atoms with van der Waals surface area (Å²) in [5.41, 5.74) is 1.59. The van der Waals surface area contributed by atoms with Gasteiger partial charge in [0.1, 0.15) is 11.6 Å². The van der Waals surface area contributed by atoms with Crippen molar-refractivity contribution >= 4 is 0 Å². The molecule has 0 amide bonds. The number of hydrogen-bond donors (Lipinski definition) is 0. The lowest BCUT2D eigenvalue weighted by Gasteiger charge is -2.06. The van der Waals surface area contributed by atoms with Gasteiger partial charge in [0.15, 0.2) is 0 Å². The Hall–Kier alpha value is -1.70. The van der Waals surface area contributed by atoms with Gasteiger partial charge in [-0.3, -0.25) is 0 Å². The van der Waals surface area contributed by atoms with E-state index in [0.717, 1.165) is 0 Å². The van der Waals surface area contributed by atoms with Gasteiger partial charge in [0.25, 0.3) is 0 Å². The summed E-state index contributed by atoms with van der Waals surface area (Å²) < 4.78 is 25.7. The Bertz CT molecular complexity index is 496. The SMILES string of the molecule is CC(C)c1c(F)cccc1F.CC(C)c1ccccc1. The Morgan fingerprint density at radius 2 is 1.15 bits per heavy atom. The van der Waals surface area contributed by atoms with E-state index in [1.165, 1.54) is 23.8 Å². The molecule has 2 heteroatoms. The highest BCUT2D eigenvalue weighted by Gasteiger charge is 2.10. The fraction of sp³-hybridized carbons (Fsp3) is 0.333. The summed E-state index contributed by atoms with van der Waals surface area (Å²) in [6.07, 6.45) is 0. The van der Waals surface area contributed by atoms with Crippen LogP contribution < -0.4 is 0 Å². The minimum absolute atomic E-state index is 0.101. The summed E-state index contributed by atoms with van der Waals surface area (Å²) in [6, 6.07) is 14.4.